The normalized spacial score (nSPS) is 20.4. The van der Waals surface area contributed by atoms with E-state index in [0.29, 0.717) is 5.92 Å². The first-order valence-electron chi connectivity index (χ1n) is 4.27. The van der Waals surface area contributed by atoms with Crippen molar-refractivity contribution >= 4 is 5.78 Å². The van der Waals surface area contributed by atoms with Crippen molar-refractivity contribution < 1.29 is 9.53 Å². The lowest BCUT2D eigenvalue weighted by molar-refractivity contribution is -0.132. The monoisotopic (exact) mass is 156 g/mol. The van der Waals surface area contributed by atoms with E-state index < -0.39 is 0 Å². The van der Waals surface area contributed by atoms with Crippen LogP contribution in [0.4, 0.5) is 0 Å². The smallest absolute Gasteiger partial charge is 0.158 e. The van der Waals surface area contributed by atoms with E-state index in [2.05, 4.69) is 0 Å². The number of ketones is 1. The zero-order valence-electron chi connectivity index (χ0n) is 7.46. The first kappa shape index (κ1) is 8.72. The van der Waals surface area contributed by atoms with Crippen molar-refractivity contribution in [2.24, 2.45) is 5.92 Å². The maximum atomic E-state index is 11.0. The van der Waals surface area contributed by atoms with Gasteiger partial charge in [0.2, 0.25) is 0 Å². The molecule has 0 saturated heterocycles. The molecule has 0 N–H and O–H groups in total. The Bertz CT molecular complexity index is 148. The molecule has 11 heavy (non-hydrogen) atoms. The SMILES string of the molecule is CC(=O)C(OC(C)C)C1CC1. The van der Waals surface area contributed by atoms with Crippen molar-refractivity contribution in [1.29, 1.82) is 0 Å². The first-order valence-corrected chi connectivity index (χ1v) is 4.27. The van der Waals surface area contributed by atoms with Gasteiger partial charge in [0, 0.05) is 0 Å². The topological polar surface area (TPSA) is 26.3 Å². The van der Waals surface area contributed by atoms with Crippen molar-refractivity contribution in [3.8, 4) is 0 Å². The molecule has 1 atom stereocenters. The Morgan fingerprint density at radius 3 is 2.27 bits per heavy atom. The van der Waals surface area contributed by atoms with Gasteiger partial charge in [-0.3, -0.25) is 4.79 Å². The van der Waals surface area contributed by atoms with Gasteiger partial charge in [0.25, 0.3) is 0 Å². The molecule has 1 aliphatic carbocycles. The van der Waals surface area contributed by atoms with Crippen LogP contribution >= 0.6 is 0 Å². The van der Waals surface area contributed by atoms with Crippen LogP contribution in [0, 0.1) is 5.92 Å². The summed E-state index contributed by atoms with van der Waals surface area (Å²) in [4.78, 5) is 11.0. The molecule has 0 aromatic heterocycles. The summed E-state index contributed by atoms with van der Waals surface area (Å²) in [5.41, 5.74) is 0. The van der Waals surface area contributed by atoms with Crippen LogP contribution in [0.3, 0.4) is 0 Å². The highest BCUT2D eigenvalue weighted by atomic mass is 16.5. The van der Waals surface area contributed by atoms with Gasteiger partial charge in [-0.1, -0.05) is 0 Å². The summed E-state index contributed by atoms with van der Waals surface area (Å²) >= 11 is 0. The molecule has 2 heteroatoms. The maximum absolute atomic E-state index is 11.0. The van der Waals surface area contributed by atoms with Crippen molar-refractivity contribution in [3.63, 3.8) is 0 Å². The van der Waals surface area contributed by atoms with Crippen LogP contribution < -0.4 is 0 Å². The second kappa shape index (κ2) is 3.35. The summed E-state index contributed by atoms with van der Waals surface area (Å²) in [7, 11) is 0. The predicted molar refractivity (Wildman–Crippen MR) is 43.4 cm³/mol. The molecule has 0 aromatic rings. The summed E-state index contributed by atoms with van der Waals surface area (Å²) in [6, 6.07) is 0. The van der Waals surface area contributed by atoms with E-state index in [0.717, 1.165) is 12.8 Å². The minimum Gasteiger partial charge on any atom is -0.368 e. The lowest BCUT2D eigenvalue weighted by atomic mass is 10.1. The van der Waals surface area contributed by atoms with Crippen LogP contribution in [0.1, 0.15) is 33.6 Å². The number of hydrogen-bond acceptors (Lipinski definition) is 2. The highest BCUT2D eigenvalue weighted by Gasteiger charge is 2.35. The fraction of sp³-hybridized carbons (Fsp3) is 0.889. The number of ether oxygens (including phenoxy) is 1. The highest BCUT2D eigenvalue weighted by Crippen LogP contribution is 2.35. The lowest BCUT2D eigenvalue weighted by Crippen LogP contribution is -2.27. The Hall–Kier alpha value is -0.370. The standard InChI is InChI=1S/C9H16O2/c1-6(2)11-9(7(3)10)8-4-5-8/h6,8-9H,4-5H2,1-3H3. The molecule has 1 fully saturated rings. The van der Waals surface area contributed by atoms with E-state index in [1.807, 2.05) is 13.8 Å². The summed E-state index contributed by atoms with van der Waals surface area (Å²) in [6.07, 6.45) is 2.38. The van der Waals surface area contributed by atoms with Gasteiger partial charge in [-0.05, 0) is 39.5 Å². The van der Waals surface area contributed by atoms with Crippen molar-refractivity contribution in [3.05, 3.63) is 0 Å². The Labute approximate surface area is 67.9 Å². The van der Waals surface area contributed by atoms with E-state index in [1.165, 1.54) is 0 Å². The summed E-state index contributed by atoms with van der Waals surface area (Å²) in [5, 5.41) is 0. The van der Waals surface area contributed by atoms with Gasteiger partial charge in [0.05, 0.1) is 6.10 Å². The second-order valence-corrected chi connectivity index (χ2v) is 3.55. The van der Waals surface area contributed by atoms with Gasteiger partial charge in [-0.15, -0.1) is 0 Å². The van der Waals surface area contributed by atoms with Gasteiger partial charge in [-0.2, -0.15) is 0 Å². The lowest BCUT2D eigenvalue weighted by Gasteiger charge is -2.16. The molecule has 1 rings (SSSR count). The molecule has 0 heterocycles. The van der Waals surface area contributed by atoms with Gasteiger partial charge < -0.3 is 4.74 Å². The molecule has 0 radical (unpaired) electrons. The number of Topliss-reactive ketones (excluding diaryl/α,β-unsaturated/α-hetero) is 1. The summed E-state index contributed by atoms with van der Waals surface area (Å²) in [6.45, 7) is 5.56. The Morgan fingerprint density at radius 2 is 2.00 bits per heavy atom. The average molecular weight is 156 g/mol. The first-order chi connectivity index (χ1) is 5.11. The Morgan fingerprint density at radius 1 is 1.45 bits per heavy atom. The van der Waals surface area contributed by atoms with Crippen LogP contribution in [0.25, 0.3) is 0 Å². The number of hydrogen-bond donors (Lipinski definition) is 0. The van der Waals surface area contributed by atoms with Crippen molar-refractivity contribution in [2.75, 3.05) is 0 Å². The van der Waals surface area contributed by atoms with E-state index in [4.69, 9.17) is 4.74 Å². The predicted octanol–water partition coefficient (Wildman–Crippen LogP) is 1.78. The maximum Gasteiger partial charge on any atom is 0.158 e. The molecule has 1 saturated carbocycles. The summed E-state index contributed by atoms with van der Waals surface area (Å²) in [5.74, 6) is 0.705. The van der Waals surface area contributed by atoms with Crippen LogP contribution in [-0.4, -0.2) is 18.0 Å². The Balaban J connectivity index is 2.38. The molecule has 0 aliphatic heterocycles. The zero-order chi connectivity index (χ0) is 8.43. The van der Waals surface area contributed by atoms with E-state index in [9.17, 15) is 4.79 Å². The number of carbonyl (C=O) groups is 1. The third kappa shape index (κ3) is 2.62. The van der Waals surface area contributed by atoms with Crippen LogP contribution in [0.2, 0.25) is 0 Å². The molecule has 0 amide bonds. The van der Waals surface area contributed by atoms with Crippen LogP contribution in [-0.2, 0) is 9.53 Å². The van der Waals surface area contributed by atoms with Gasteiger partial charge >= 0.3 is 0 Å². The quantitative estimate of drug-likeness (QED) is 0.620. The molecule has 0 aromatic carbocycles. The molecule has 0 spiro atoms. The number of rotatable bonds is 4. The minimum atomic E-state index is -0.116. The van der Waals surface area contributed by atoms with Crippen molar-refractivity contribution in [1.82, 2.24) is 0 Å². The molecule has 1 unspecified atom stereocenters. The van der Waals surface area contributed by atoms with Crippen LogP contribution in [0.15, 0.2) is 0 Å². The van der Waals surface area contributed by atoms with E-state index in [1.54, 1.807) is 6.92 Å². The molecule has 2 nitrogen and oxygen atoms in total. The molecular weight excluding hydrogens is 140 g/mol. The fourth-order valence-corrected chi connectivity index (χ4v) is 1.23. The second-order valence-electron chi connectivity index (χ2n) is 3.55. The minimum absolute atomic E-state index is 0.116. The third-order valence-electron chi connectivity index (χ3n) is 1.87. The molecule has 0 bridgehead atoms. The van der Waals surface area contributed by atoms with Gasteiger partial charge in [0.15, 0.2) is 5.78 Å². The zero-order valence-corrected chi connectivity index (χ0v) is 7.46. The Kier molecular flexibility index (Phi) is 2.66. The molecule has 64 valence electrons. The molecular formula is C9H16O2. The fourth-order valence-electron chi connectivity index (χ4n) is 1.23. The van der Waals surface area contributed by atoms with E-state index in [-0.39, 0.29) is 18.0 Å². The largest absolute Gasteiger partial charge is 0.368 e. The van der Waals surface area contributed by atoms with Crippen LogP contribution in [0.5, 0.6) is 0 Å². The third-order valence-corrected chi connectivity index (χ3v) is 1.87. The summed E-state index contributed by atoms with van der Waals surface area (Å²) < 4.78 is 5.49. The van der Waals surface area contributed by atoms with Crippen molar-refractivity contribution in [2.45, 2.75) is 45.8 Å². The molecule has 1 aliphatic rings. The average Bonchev–Trinajstić information content (AvgIpc) is 2.63. The van der Waals surface area contributed by atoms with Gasteiger partial charge in [0.1, 0.15) is 6.10 Å². The van der Waals surface area contributed by atoms with Gasteiger partial charge in [-0.25, -0.2) is 0 Å². The van der Waals surface area contributed by atoms with E-state index >= 15 is 0 Å². The highest BCUT2D eigenvalue weighted by molar-refractivity contribution is 5.81. The number of carbonyl (C=O) groups excluding carboxylic acids is 1.